The van der Waals surface area contributed by atoms with Gasteiger partial charge in [-0.1, -0.05) is 30.3 Å². The summed E-state index contributed by atoms with van der Waals surface area (Å²) < 4.78 is 5.52. The van der Waals surface area contributed by atoms with Crippen molar-refractivity contribution >= 4 is 5.91 Å². The second kappa shape index (κ2) is 6.49. The molecule has 0 radical (unpaired) electrons. The van der Waals surface area contributed by atoms with E-state index in [1.54, 1.807) is 0 Å². The van der Waals surface area contributed by atoms with E-state index in [1.165, 1.54) is 12.0 Å². The standard InChI is InChI=1S/C20H28N2O2/c1-21-19(23)13-18(17-5-3-2-4-6-17)20(21)8-10-22(11-9-20)14-16-7-12-24-15-16/h2-6,16,18H,7-15H2,1H3/t16-,18+/m1/s1. The van der Waals surface area contributed by atoms with Gasteiger partial charge in [-0.15, -0.1) is 0 Å². The van der Waals surface area contributed by atoms with Crippen LogP contribution in [0.4, 0.5) is 0 Å². The van der Waals surface area contributed by atoms with Crippen LogP contribution in [-0.2, 0) is 9.53 Å². The summed E-state index contributed by atoms with van der Waals surface area (Å²) in [5.41, 5.74) is 1.34. The van der Waals surface area contributed by atoms with E-state index in [0.717, 1.165) is 45.7 Å². The Labute approximate surface area is 144 Å². The number of likely N-dealkylation sites (N-methyl/N-ethyl adjacent to an activating group) is 1. The first kappa shape index (κ1) is 16.1. The van der Waals surface area contributed by atoms with Gasteiger partial charge < -0.3 is 14.5 Å². The number of hydrogen-bond acceptors (Lipinski definition) is 3. The molecular weight excluding hydrogens is 300 g/mol. The first-order chi connectivity index (χ1) is 11.7. The molecule has 24 heavy (non-hydrogen) atoms. The number of carbonyl (C=O) groups is 1. The lowest BCUT2D eigenvalue weighted by atomic mass is 9.73. The van der Waals surface area contributed by atoms with E-state index >= 15 is 0 Å². The molecule has 0 unspecified atom stereocenters. The highest BCUT2D eigenvalue weighted by Crippen LogP contribution is 2.48. The molecule has 3 heterocycles. The van der Waals surface area contributed by atoms with Gasteiger partial charge in [0.05, 0.1) is 12.1 Å². The van der Waals surface area contributed by atoms with Gasteiger partial charge in [0.25, 0.3) is 0 Å². The third kappa shape index (κ3) is 2.76. The molecule has 3 fully saturated rings. The van der Waals surface area contributed by atoms with Crippen LogP contribution in [0.5, 0.6) is 0 Å². The van der Waals surface area contributed by atoms with Crippen molar-refractivity contribution in [2.24, 2.45) is 5.92 Å². The van der Waals surface area contributed by atoms with Crippen LogP contribution < -0.4 is 0 Å². The summed E-state index contributed by atoms with van der Waals surface area (Å²) in [7, 11) is 2.02. The van der Waals surface area contributed by atoms with Crippen molar-refractivity contribution in [3.63, 3.8) is 0 Å². The topological polar surface area (TPSA) is 32.8 Å². The maximum Gasteiger partial charge on any atom is 0.223 e. The summed E-state index contributed by atoms with van der Waals surface area (Å²) in [5.74, 6) is 1.35. The molecule has 3 aliphatic rings. The molecule has 1 aromatic carbocycles. The zero-order valence-electron chi connectivity index (χ0n) is 14.6. The van der Waals surface area contributed by atoms with Gasteiger partial charge in [-0.25, -0.2) is 0 Å². The van der Waals surface area contributed by atoms with Gasteiger partial charge in [0.2, 0.25) is 5.91 Å². The number of amides is 1. The van der Waals surface area contributed by atoms with Crippen LogP contribution in [0.15, 0.2) is 30.3 Å². The molecule has 0 bridgehead atoms. The molecule has 0 saturated carbocycles. The molecule has 3 saturated heterocycles. The summed E-state index contributed by atoms with van der Waals surface area (Å²) in [6.07, 6.45) is 4.04. The van der Waals surface area contributed by atoms with Gasteiger partial charge in [-0.3, -0.25) is 4.79 Å². The Bertz CT molecular complexity index is 575. The predicted molar refractivity (Wildman–Crippen MR) is 93.9 cm³/mol. The van der Waals surface area contributed by atoms with E-state index in [2.05, 4.69) is 40.1 Å². The molecule has 130 valence electrons. The zero-order valence-corrected chi connectivity index (χ0v) is 14.6. The SMILES string of the molecule is CN1C(=O)C[C@@H](c2ccccc2)C12CCN(C[C@H]1CCOC1)CC2. The van der Waals surface area contributed by atoms with E-state index in [-0.39, 0.29) is 5.54 Å². The van der Waals surface area contributed by atoms with Crippen molar-refractivity contribution in [1.29, 1.82) is 0 Å². The van der Waals surface area contributed by atoms with Gasteiger partial charge in [0.15, 0.2) is 0 Å². The average Bonchev–Trinajstić information content (AvgIpc) is 3.21. The van der Waals surface area contributed by atoms with Crippen LogP contribution in [0, 0.1) is 5.92 Å². The molecule has 0 aromatic heterocycles. The second-order valence-electron chi connectivity index (χ2n) is 7.75. The fourth-order valence-corrected chi connectivity index (χ4v) is 5.00. The van der Waals surface area contributed by atoms with Crippen molar-refractivity contribution in [3.05, 3.63) is 35.9 Å². The molecule has 4 heteroatoms. The van der Waals surface area contributed by atoms with Crippen LogP contribution in [0.25, 0.3) is 0 Å². The van der Waals surface area contributed by atoms with Crippen LogP contribution in [0.1, 0.15) is 37.2 Å². The molecule has 0 aliphatic carbocycles. The number of rotatable bonds is 3. The molecule has 4 rings (SSSR count). The van der Waals surface area contributed by atoms with Crippen molar-refractivity contribution in [1.82, 2.24) is 9.80 Å². The van der Waals surface area contributed by atoms with Gasteiger partial charge in [-0.05, 0) is 30.7 Å². The Morgan fingerprint density at radius 1 is 1.21 bits per heavy atom. The predicted octanol–water partition coefficient (Wildman–Crippen LogP) is 2.50. The number of hydrogen-bond donors (Lipinski definition) is 0. The number of piperidine rings is 1. The Morgan fingerprint density at radius 2 is 1.96 bits per heavy atom. The number of likely N-dealkylation sites (tertiary alicyclic amines) is 2. The van der Waals surface area contributed by atoms with E-state index in [0.29, 0.717) is 24.2 Å². The minimum Gasteiger partial charge on any atom is -0.381 e. The number of carbonyl (C=O) groups excluding carboxylic acids is 1. The molecule has 2 atom stereocenters. The van der Waals surface area contributed by atoms with Crippen LogP contribution in [0.3, 0.4) is 0 Å². The molecule has 3 aliphatic heterocycles. The summed E-state index contributed by atoms with van der Waals surface area (Å²) >= 11 is 0. The van der Waals surface area contributed by atoms with E-state index in [4.69, 9.17) is 4.74 Å². The Morgan fingerprint density at radius 3 is 2.62 bits per heavy atom. The quantitative estimate of drug-likeness (QED) is 0.855. The van der Waals surface area contributed by atoms with E-state index in [9.17, 15) is 4.79 Å². The number of ether oxygens (including phenoxy) is 1. The minimum atomic E-state index is 0.0150. The highest BCUT2D eigenvalue weighted by Gasteiger charge is 2.52. The Hall–Kier alpha value is -1.39. The normalized spacial score (nSPS) is 30.4. The highest BCUT2D eigenvalue weighted by atomic mass is 16.5. The Balaban J connectivity index is 1.49. The van der Waals surface area contributed by atoms with Crippen LogP contribution >= 0.6 is 0 Å². The van der Waals surface area contributed by atoms with Crippen LogP contribution in [0.2, 0.25) is 0 Å². The highest BCUT2D eigenvalue weighted by molar-refractivity contribution is 5.81. The Kier molecular flexibility index (Phi) is 4.35. The van der Waals surface area contributed by atoms with Gasteiger partial charge in [0.1, 0.15) is 0 Å². The first-order valence-corrected chi connectivity index (χ1v) is 9.31. The average molecular weight is 328 g/mol. The summed E-state index contributed by atoms with van der Waals surface area (Å²) in [6, 6.07) is 10.6. The van der Waals surface area contributed by atoms with Crippen molar-refractivity contribution in [2.45, 2.75) is 37.1 Å². The molecule has 1 amide bonds. The van der Waals surface area contributed by atoms with E-state index in [1.807, 2.05) is 7.05 Å². The molecular formula is C20H28N2O2. The largest absolute Gasteiger partial charge is 0.381 e. The van der Waals surface area contributed by atoms with Gasteiger partial charge in [-0.2, -0.15) is 0 Å². The van der Waals surface area contributed by atoms with Crippen molar-refractivity contribution in [3.8, 4) is 0 Å². The molecule has 1 aromatic rings. The van der Waals surface area contributed by atoms with Gasteiger partial charge >= 0.3 is 0 Å². The minimum absolute atomic E-state index is 0.0150. The number of nitrogens with zero attached hydrogens (tertiary/aromatic N) is 2. The molecule has 4 nitrogen and oxygen atoms in total. The fraction of sp³-hybridized carbons (Fsp3) is 0.650. The van der Waals surface area contributed by atoms with Crippen molar-refractivity contribution < 1.29 is 9.53 Å². The monoisotopic (exact) mass is 328 g/mol. The summed E-state index contributed by atoms with van der Waals surface area (Å²) in [6.45, 7) is 5.20. The smallest absolute Gasteiger partial charge is 0.223 e. The van der Waals surface area contributed by atoms with Crippen LogP contribution in [-0.4, -0.2) is 61.1 Å². The molecule has 0 N–H and O–H groups in total. The molecule has 1 spiro atoms. The second-order valence-corrected chi connectivity index (χ2v) is 7.75. The fourth-order valence-electron chi connectivity index (χ4n) is 5.00. The maximum atomic E-state index is 12.5. The lowest BCUT2D eigenvalue weighted by Crippen LogP contribution is -2.54. The third-order valence-corrected chi connectivity index (χ3v) is 6.53. The van der Waals surface area contributed by atoms with Gasteiger partial charge in [0, 0.05) is 45.6 Å². The lowest BCUT2D eigenvalue weighted by molar-refractivity contribution is -0.130. The van der Waals surface area contributed by atoms with Crippen molar-refractivity contribution in [2.75, 3.05) is 39.9 Å². The van der Waals surface area contributed by atoms with E-state index < -0.39 is 0 Å². The number of benzene rings is 1. The zero-order chi connectivity index (χ0) is 16.6. The maximum absolute atomic E-state index is 12.5. The third-order valence-electron chi connectivity index (χ3n) is 6.53. The summed E-state index contributed by atoms with van der Waals surface area (Å²) in [5, 5.41) is 0. The lowest BCUT2D eigenvalue weighted by Gasteiger charge is -2.47. The first-order valence-electron chi connectivity index (χ1n) is 9.31. The summed E-state index contributed by atoms with van der Waals surface area (Å²) in [4.78, 5) is 17.1.